The molecular weight excluding hydrogens is 472 g/mol. The van der Waals surface area contributed by atoms with Crippen molar-refractivity contribution in [3.05, 3.63) is 90.1 Å². The number of benzene rings is 3. The summed E-state index contributed by atoms with van der Waals surface area (Å²) in [7, 11) is 1.55. The first-order valence-electron chi connectivity index (χ1n) is 11.2. The summed E-state index contributed by atoms with van der Waals surface area (Å²) in [5.74, 6) is 0.103. The van der Waals surface area contributed by atoms with Crippen LogP contribution in [0.1, 0.15) is 23.0 Å². The van der Waals surface area contributed by atoms with Gasteiger partial charge in [-0.15, -0.1) is 5.10 Å². The fraction of sp³-hybridized carbons (Fsp3) is 0.0769. The van der Waals surface area contributed by atoms with Crippen molar-refractivity contribution in [2.75, 3.05) is 12.8 Å². The van der Waals surface area contributed by atoms with Gasteiger partial charge in [0.15, 0.2) is 5.69 Å². The molecule has 5 aromatic rings. The molecule has 0 unspecified atom stereocenters. The van der Waals surface area contributed by atoms with Crippen LogP contribution in [-0.4, -0.2) is 44.0 Å². The number of nitrogens with two attached hydrogens (primary N) is 1. The number of aromatic nitrogens is 5. The maximum absolute atomic E-state index is 13.2. The third-order valence-corrected chi connectivity index (χ3v) is 5.66. The van der Waals surface area contributed by atoms with Crippen molar-refractivity contribution in [1.29, 1.82) is 0 Å². The SMILES string of the molecule is COc1cccc(-c2c(C(=O)N/N=C(\C)c3ccc(-c4ccccc4)cc3)nnn2-c2nonc2N)c1. The molecule has 0 aliphatic heterocycles. The Hall–Kier alpha value is -5.32. The number of rotatable bonds is 7. The zero-order valence-electron chi connectivity index (χ0n) is 20.0. The Morgan fingerprint density at radius 2 is 1.70 bits per heavy atom. The molecule has 0 fully saturated rings. The van der Waals surface area contributed by atoms with Gasteiger partial charge in [-0.25, -0.2) is 10.1 Å². The average Bonchev–Trinajstić information content (AvgIpc) is 3.58. The number of nitrogen functional groups attached to an aromatic ring is 1. The summed E-state index contributed by atoms with van der Waals surface area (Å²) in [6, 6.07) is 25.0. The van der Waals surface area contributed by atoms with E-state index in [1.165, 1.54) is 4.68 Å². The van der Waals surface area contributed by atoms with Gasteiger partial charge in [-0.05, 0) is 46.1 Å². The van der Waals surface area contributed by atoms with Gasteiger partial charge in [0.05, 0.1) is 12.8 Å². The van der Waals surface area contributed by atoms with Gasteiger partial charge in [-0.2, -0.15) is 9.78 Å². The molecule has 11 heteroatoms. The number of carbonyl (C=O) groups excluding carboxylic acids is 1. The highest BCUT2D eigenvalue weighted by Crippen LogP contribution is 2.29. The predicted molar refractivity (Wildman–Crippen MR) is 137 cm³/mol. The summed E-state index contributed by atoms with van der Waals surface area (Å²) in [5.41, 5.74) is 13.0. The van der Waals surface area contributed by atoms with E-state index in [1.807, 2.05) is 54.6 Å². The van der Waals surface area contributed by atoms with Gasteiger partial charge in [-0.3, -0.25) is 4.79 Å². The fourth-order valence-electron chi connectivity index (χ4n) is 3.74. The lowest BCUT2D eigenvalue weighted by Crippen LogP contribution is -2.21. The number of methoxy groups -OCH3 is 1. The predicted octanol–water partition coefficient (Wildman–Crippen LogP) is 3.73. The van der Waals surface area contributed by atoms with Crippen LogP contribution in [0.15, 0.2) is 88.6 Å². The van der Waals surface area contributed by atoms with E-state index in [1.54, 1.807) is 38.3 Å². The molecule has 0 atom stereocenters. The Morgan fingerprint density at radius 3 is 2.41 bits per heavy atom. The minimum absolute atomic E-state index is 0.00572. The minimum atomic E-state index is -0.570. The van der Waals surface area contributed by atoms with Crippen LogP contribution in [0.2, 0.25) is 0 Å². The first-order valence-corrected chi connectivity index (χ1v) is 11.2. The molecule has 37 heavy (non-hydrogen) atoms. The number of hydrazone groups is 1. The maximum atomic E-state index is 13.2. The zero-order chi connectivity index (χ0) is 25.8. The summed E-state index contributed by atoms with van der Waals surface area (Å²) in [6.45, 7) is 1.80. The Morgan fingerprint density at radius 1 is 0.973 bits per heavy atom. The fourth-order valence-corrected chi connectivity index (χ4v) is 3.74. The van der Waals surface area contributed by atoms with Gasteiger partial charge in [0.25, 0.3) is 5.91 Å². The number of carbonyl (C=O) groups is 1. The molecule has 0 saturated carbocycles. The number of hydrogen-bond donors (Lipinski definition) is 2. The minimum Gasteiger partial charge on any atom is -0.497 e. The summed E-state index contributed by atoms with van der Waals surface area (Å²) >= 11 is 0. The molecule has 0 aliphatic rings. The van der Waals surface area contributed by atoms with E-state index < -0.39 is 5.91 Å². The monoisotopic (exact) mass is 494 g/mol. The van der Waals surface area contributed by atoms with Gasteiger partial charge in [0, 0.05) is 5.56 Å². The second kappa shape index (κ2) is 10.1. The van der Waals surface area contributed by atoms with Crippen LogP contribution in [0.4, 0.5) is 5.82 Å². The first kappa shape index (κ1) is 23.4. The third-order valence-electron chi connectivity index (χ3n) is 5.66. The van der Waals surface area contributed by atoms with Gasteiger partial charge in [-0.1, -0.05) is 71.9 Å². The first-order chi connectivity index (χ1) is 18.0. The standard InChI is InChI=1S/C26H22N8O3/c1-16(17-11-13-19(14-12-17)18-7-4-3-5-8-18)28-30-26(35)22-23(20-9-6-10-21(15-20)36-2)34(33-29-22)25-24(27)31-37-32-25/h3-15H,1-2H3,(H2,27,31)(H,30,35)/b28-16+. The van der Waals surface area contributed by atoms with Gasteiger partial charge in [0.1, 0.15) is 11.4 Å². The number of nitrogens with zero attached hydrogens (tertiary/aromatic N) is 6. The Labute approximate surface area is 211 Å². The van der Waals surface area contributed by atoms with Crippen LogP contribution in [0, 0.1) is 0 Å². The van der Waals surface area contributed by atoms with E-state index in [9.17, 15) is 4.79 Å². The quantitative estimate of drug-likeness (QED) is 0.257. The van der Waals surface area contributed by atoms with E-state index in [0.717, 1.165) is 16.7 Å². The third kappa shape index (κ3) is 4.78. The molecular formula is C26H22N8O3. The van der Waals surface area contributed by atoms with Crippen molar-refractivity contribution in [1.82, 2.24) is 30.7 Å². The van der Waals surface area contributed by atoms with Crippen LogP contribution in [0.5, 0.6) is 5.75 Å². The van der Waals surface area contributed by atoms with Gasteiger partial charge < -0.3 is 10.5 Å². The molecule has 0 aliphatic carbocycles. The van der Waals surface area contributed by atoms with Crippen LogP contribution < -0.4 is 15.9 Å². The highest BCUT2D eigenvalue weighted by molar-refractivity contribution is 6.02. The lowest BCUT2D eigenvalue weighted by atomic mass is 10.0. The summed E-state index contributed by atoms with van der Waals surface area (Å²) in [6.07, 6.45) is 0. The van der Waals surface area contributed by atoms with E-state index in [4.69, 9.17) is 15.1 Å². The highest BCUT2D eigenvalue weighted by Gasteiger charge is 2.25. The second-order valence-electron chi connectivity index (χ2n) is 7.99. The molecule has 0 radical (unpaired) electrons. The summed E-state index contributed by atoms with van der Waals surface area (Å²) in [5, 5.41) is 19.8. The van der Waals surface area contributed by atoms with E-state index in [0.29, 0.717) is 22.7 Å². The van der Waals surface area contributed by atoms with E-state index in [-0.39, 0.29) is 17.3 Å². The van der Waals surface area contributed by atoms with Crippen LogP contribution in [0.25, 0.3) is 28.2 Å². The highest BCUT2D eigenvalue weighted by atomic mass is 16.6. The van der Waals surface area contributed by atoms with Crippen molar-refractivity contribution < 1.29 is 14.2 Å². The summed E-state index contributed by atoms with van der Waals surface area (Å²) in [4.78, 5) is 13.2. The Bertz CT molecular complexity index is 1570. The lowest BCUT2D eigenvalue weighted by Gasteiger charge is -2.08. The van der Waals surface area contributed by atoms with Crippen molar-refractivity contribution in [3.63, 3.8) is 0 Å². The van der Waals surface area contributed by atoms with Crippen molar-refractivity contribution >= 4 is 17.4 Å². The molecule has 3 N–H and O–H groups in total. The molecule has 2 aromatic heterocycles. The molecule has 1 amide bonds. The number of amides is 1. The molecule has 0 saturated heterocycles. The molecule has 0 spiro atoms. The Balaban J connectivity index is 1.43. The molecule has 5 rings (SSSR count). The Kier molecular flexibility index (Phi) is 6.41. The van der Waals surface area contributed by atoms with E-state index >= 15 is 0 Å². The van der Waals surface area contributed by atoms with Gasteiger partial charge in [0.2, 0.25) is 11.6 Å². The maximum Gasteiger partial charge on any atom is 0.294 e. The molecule has 0 bridgehead atoms. The van der Waals surface area contributed by atoms with Crippen molar-refractivity contribution in [3.8, 4) is 34.0 Å². The van der Waals surface area contributed by atoms with Crippen molar-refractivity contribution in [2.24, 2.45) is 5.10 Å². The molecule has 3 aromatic carbocycles. The van der Waals surface area contributed by atoms with Gasteiger partial charge >= 0.3 is 0 Å². The van der Waals surface area contributed by atoms with Crippen LogP contribution >= 0.6 is 0 Å². The molecule has 11 nitrogen and oxygen atoms in total. The number of nitrogens with one attached hydrogen (secondary N) is 1. The second-order valence-corrected chi connectivity index (χ2v) is 7.99. The number of hydrogen-bond acceptors (Lipinski definition) is 9. The molecule has 184 valence electrons. The number of ether oxygens (including phenoxy) is 1. The van der Waals surface area contributed by atoms with Crippen molar-refractivity contribution in [2.45, 2.75) is 6.92 Å². The van der Waals surface area contributed by atoms with Crippen LogP contribution in [-0.2, 0) is 0 Å². The lowest BCUT2D eigenvalue weighted by molar-refractivity contribution is 0.0950. The normalized spacial score (nSPS) is 11.4. The van der Waals surface area contributed by atoms with E-state index in [2.05, 4.69) is 31.2 Å². The smallest absolute Gasteiger partial charge is 0.294 e. The largest absolute Gasteiger partial charge is 0.497 e. The average molecular weight is 495 g/mol. The topological polar surface area (TPSA) is 146 Å². The summed E-state index contributed by atoms with van der Waals surface area (Å²) < 4.78 is 11.3. The number of anilines is 1. The molecule has 2 heterocycles. The zero-order valence-corrected chi connectivity index (χ0v) is 20.0. The van der Waals surface area contributed by atoms with Crippen LogP contribution in [0.3, 0.4) is 0 Å².